The largest absolute Gasteiger partial charge is 0.480 e. The van der Waals surface area contributed by atoms with Gasteiger partial charge in [-0.05, 0) is 27.7 Å². The van der Waals surface area contributed by atoms with Crippen molar-refractivity contribution in [2.75, 3.05) is 45.8 Å². The van der Waals surface area contributed by atoms with Crippen LogP contribution in [0.25, 0.3) is 0 Å². The molecule has 1 aliphatic rings. The van der Waals surface area contributed by atoms with Gasteiger partial charge < -0.3 is 5.11 Å². The molecule has 0 aromatic rings. The lowest BCUT2D eigenvalue weighted by molar-refractivity contribution is -0.138. The van der Waals surface area contributed by atoms with Crippen molar-refractivity contribution >= 4 is 5.97 Å². The molecule has 0 aromatic carbocycles. The van der Waals surface area contributed by atoms with E-state index in [9.17, 15) is 4.79 Å². The van der Waals surface area contributed by atoms with Gasteiger partial charge in [0.05, 0.1) is 6.54 Å². The van der Waals surface area contributed by atoms with Crippen LogP contribution in [-0.2, 0) is 4.79 Å². The zero-order valence-corrected chi connectivity index (χ0v) is 12.8. The Kier molecular flexibility index (Phi) is 6.75. The molecule has 5 nitrogen and oxygen atoms in total. The van der Waals surface area contributed by atoms with E-state index in [0.29, 0.717) is 12.1 Å². The van der Waals surface area contributed by atoms with E-state index in [1.54, 1.807) is 0 Å². The normalized spacial score (nSPS) is 21.4. The minimum Gasteiger partial charge on any atom is -0.480 e. The molecule has 1 saturated heterocycles. The molecule has 0 saturated carbocycles. The number of hydrogen-bond acceptors (Lipinski definition) is 4. The molecule has 1 fully saturated rings. The molecule has 0 aromatic heterocycles. The first-order valence-electron chi connectivity index (χ1n) is 7.32. The molecular formula is C14H29N3O2. The predicted octanol–water partition coefficient (Wildman–Crippen LogP) is 0.807. The summed E-state index contributed by atoms with van der Waals surface area (Å²) in [6.45, 7) is 14.7. The Morgan fingerprint density at radius 3 is 1.58 bits per heavy atom. The summed E-state index contributed by atoms with van der Waals surface area (Å²) in [7, 11) is 0. The fourth-order valence-corrected chi connectivity index (χ4v) is 2.51. The van der Waals surface area contributed by atoms with E-state index in [-0.39, 0.29) is 6.54 Å². The molecule has 1 aliphatic heterocycles. The first kappa shape index (κ1) is 16.4. The molecule has 0 spiro atoms. The summed E-state index contributed by atoms with van der Waals surface area (Å²) in [5.41, 5.74) is 0. The Morgan fingerprint density at radius 1 is 0.895 bits per heavy atom. The zero-order valence-electron chi connectivity index (χ0n) is 12.8. The second kappa shape index (κ2) is 7.82. The van der Waals surface area contributed by atoms with Crippen LogP contribution in [0.2, 0.25) is 0 Å². The SMILES string of the molecule is CC(C)N1CCN(CC(=O)O)CCN(C(C)C)CC1. The average Bonchev–Trinajstić information content (AvgIpc) is 2.38. The average molecular weight is 271 g/mol. The van der Waals surface area contributed by atoms with Crippen molar-refractivity contribution < 1.29 is 9.90 Å². The molecule has 1 rings (SSSR count). The fraction of sp³-hybridized carbons (Fsp3) is 0.929. The number of carboxylic acid groups (broad SMARTS) is 1. The number of hydrogen-bond donors (Lipinski definition) is 1. The van der Waals surface area contributed by atoms with Gasteiger partial charge in [0.1, 0.15) is 0 Å². The molecule has 0 atom stereocenters. The van der Waals surface area contributed by atoms with E-state index in [1.807, 2.05) is 0 Å². The van der Waals surface area contributed by atoms with Gasteiger partial charge >= 0.3 is 5.97 Å². The summed E-state index contributed by atoms with van der Waals surface area (Å²) in [6, 6.07) is 1.03. The lowest BCUT2D eigenvalue weighted by Crippen LogP contribution is -2.41. The standard InChI is InChI=1S/C14H29N3O2/c1-12(2)16-7-5-15(11-14(18)19)6-8-17(10-9-16)13(3)4/h12-13H,5-11H2,1-4H3,(H,18,19). The van der Waals surface area contributed by atoms with E-state index in [4.69, 9.17) is 5.11 Å². The number of rotatable bonds is 4. The van der Waals surface area contributed by atoms with Gasteiger partial charge in [0.15, 0.2) is 0 Å². The Hall–Kier alpha value is -0.650. The highest BCUT2D eigenvalue weighted by Crippen LogP contribution is 2.06. The van der Waals surface area contributed by atoms with Gasteiger partial charge in [0, 0.05) is 51.4 Å². The van der Waals surface area contributed by atoms with Crippen LogP contribution in [0.5, 0.6) is 0 Å². The van der Waals surface area contributed by atoms with Crippen LogP contribution in [0.4, 0.5) is 0 Å². The second-order valence-electron chi connectivity index (χ2n) is 5.93. The molecule has 0 radical (unpaired) electrons. The summed E-state index contributed by atoms with van der Waals surface area (Å²) in [5.74, 6) is -0.730. The number of nitrogens with zero attached hydrogens (tertiary/aromatic N) is 3. The van der Waals surface area contributed by atoms with Crippen molar-refractivity contribution in [2.24, 2.45) is 0 Å². The molecule has 1 heterocycles. The summed E-state index contributed by atoms with van der Waals surface area (Å²) < 4.78 is 0. The highest BCUT2D eigenvalue weighted by Gasteiger charge is 2.20. The minimum absolute atomic E-state index is 0.151. The molecule has 0 bridgehead atoms. The molecule has 0 aliphatic carbocycles. The molecule has 19 heavy (non-hydrogen) atoms. The Labute approximate surface area is 117 Å². The first-order chi connectivity index (χ1) is 8.90. The third-order valence-electron chi connectivity index (χ3n) is 3.90. The fourth-order valence-electron chi connectivity index (χ4n) is 2.51. The van der Waals surface area contributed by atoms with Crippen LogP contribution in [0.15, 0.2) is 0 Å². The van der Waals surface area contributed by atoms with Crippen LogP contribution in [0.3, 0.4) is 0 Å². The van der Waals surface area contributed by atoms with Crippen molar-refractivity contribution in [2.45, 2.75) is 39.8 Å². The molecule has 1 N–H and O–H groups in total. The maximum Gasteiger partial charge on any atom is 0.317 e. The maximum absolute atomic E-state index is 10.9. The topological polar surface area (TPSA) is 47.0 Å². The van der Waals surface area contributed by atoms with Crippen molar-refractivity contribution in [3.63, 3.8) is 0 Å². The van der Waals surface area contributed by atoms with E-state index < -0.39 is 5.97 Å². The summed E-state index contributed by atoms with van der Waals surface area (Å²) in [5, 5.41) is 8.98. The molecule has 0 amide bonds. The third-order valence-corrected chi connectivity index (χ3v) is 3.90. The van der Waals surface area contributed by atoms with Crippen molar-refractivity contribution in [1.29, 1.82) is 0 Å². The summed E-state index contributed by atoms with van der Waals surface area (Å²) in [4.78, 5) is 17.8. The number of carbonyl (C=O) groups is 1. The highest BCUT2D eigenvalue weighted by atomic mass is 16.4. The van der Waals surface area contributed by atoms with Gasteiger partial charge in [0.25, 0.3) is 0 Å². The van der Waals surface area contributed by atoms with E-state index in [1.165, 1.54) is 0 Å². The van der Waals surface area contributed by atoms with Crippen LogP contribution >= 0.6 is 0 Å². The van der Waals surface area contributed by atoms with Crippen molar-refractivity contribution in [3.8, 4) is 0 Å². The van der Waals surface area contributed by atoms with Gasteiger partial charge in [0.2, 0.25) is 0 Å². The van der Waals surface area contributed by atoms with Gasteiger partial charge in [-0.1, -0.05) is 0 Å². The van der Waals surface area contributed by atoms with Crippen LogP contribution in [0.1, 0.15) is 27.7 Å². The summed E-state index contributed by atoms with van der Waals surface area (Å²) in [6.07, 6.45) is 0. The Balaban J connectivity index is 2.67. The lowest BCUT2D eigenvalue weighted by atomic mass is 10.3. The molecular weight excluding hydrogens is 242 g/mol. The molecule has 0 unspecified atom stereocenters. The number of carboxylic acids is 1. The van der Waals surface area contributed by atoms with Crippen molar-refractivity contribution in [3.05, 3.63) is 0 Å². The Morgan fingerprint density at radius 2 is 1.26 bits per heavy atom. The second-order valence-corrected chi connectivity index (χ2v) is 5.93. The van der Waals surface area contributed by atoms with Gasteiger partial charge in [-0.15, -0.1) is 0 Å². The predicted molar refractivity (Wildman–Crippen MR) is 77.5 cm³/mol. The van der Waals surface area contributed by atoms with E-state index >= 15 is 0 Å². The molecule has 112 valence electrons. The monoisotopic (exact) mass is 271 g/mol. The van der Waals surface area contributed by atoms with Crippen LogP contribution in [-0.4, -0.2) is 83.7 Å². The quantitative estimate of drug-likeness (QED) is 0.820. The Bertz CT molecular complexity index is 262. The molecule has 5 heteroatoms. The van der Waals surface area contributed by atoms with Crippen LogP contribution < -0.4 is 0 Å². The maximum atomic E-state index is 10.9. The highest BCUT2D eigenvalue weighted by molar-refractivity contribution is 5.69. The van der Waals surface area contributed by atoms with Crippen LogP contribution in [0, 0.1) is 0 Å². The van der Waals surface area contributed by atoms with Crippen molar-refractivity contribution in [1.82, 2.24) is 14.7 Å². The van der Waals surface area contributed by atoms with E-state index in [0.717, 1.165) is 39.3 Å². The van der Waals surface area contributed by atoms with Gasteiger partial charge in [-0.3, -0.25) is 19.5 Å². The first-order valence-corrected chi connectivity index (χ1v) is 7.32. The minimum atomic E-state index is -0.730. The third kappa shape index (κ3) is 5.89. The van der Waals surface area contributed by atoms with E-state index in [2.05, 4.69) is 42.4 Å². The lowest BCUT2D eigenvalue weighted by Gasteiger charge is -2.30. The van der Waals surface area contributed by atoms with Gasteiger partial charge in [-0.2, -0.15) is 0 Å². The summed E-state index contributed by atoms with van der Waals surface area (Å²) >= 11 is 0. The zero-order chi connectivity index (χ0) is 14.4. The number of aliphatic carboxylic acids is 1. The smallest absolute Gasteiger partial charge is 0.317 e. The van der Waals surface area contributed by atoms with Gasteiger partial charge in [-0.25, -0.2) is 0 Å².